The predicted octanol–water partition coefficient (Wildman–Crippen LogP) is 4.53. The Kier molecular flexibility index (Phi) is 6.26. The summed E-state index contributed by atoms with van der Waals surface area (Å²) in [7, 11) is 1.54. The van der Waals surface area contributed by atoms with Crippen LogP contribution in [0.3, 0.4) is 0 Å². The number of methoxy groups -OCH3 is 1. The molecule has 0 amide bonds. The van der Waals surface area contributed by atoms with Crippen LogP contribution in [0.25, 0.3) is 0 Å². The predicted molar refractivity (Wildman–Crippen MR) is 112 cm³/mol. The molecule has 0 saturated carbocycles. The molecular formula is C21H19N5O5. The van der Waals surface area contributed by atoms with Gasteiger partial charge in [-0.25, -0.2) is 0 Å². The molecule has 0 atom stereocenters. The molecule has 10 nitrogen and oxygen atoms in total. The number of azo groups is 1. The van der Waals surface area contributed by atoms with Crippen LogP contribution in [0.1, 0.15) is 28.8 Å². The molecule has 3 rings (SSSR count). The maximum Gasteiger partial charge on any atom is 0.270 e. The van der Waals surface area contributed by atoms with Crippen molar-refractivity contribution < 1.29 is 19.6 Å². The molecule has 31 heavy (non-hydrogen) atoms. The molecule has 0 fully saturated rings. The first-order valence-corrected chi connectivity index (χ1v) is 9.31. The number of phenolic OH excluding ortho intramolecular Hbond substituents is 1. The largest absolute Gasteiger partial charge is 0.506 e. The third kappa shape index (κ3) is 4.67. The smallest absolute Gasteiger partial charge is 0.270 e. The number of carbonyl (C=O) groups is 1. The Labute approximate surface area is 177 Å². The highest BCUT2D eigenvalue weighted by atomic mass is 16.6. The second-order valence-electron chi connectivity index (χ2n) is 6.78. The summed E-state index contributed by atoms with van der Waals surface area (Å²) in [6, 6.07) is 8.33. The van der Waals surface area contributed by atoms with Gasteiger partial charge in [-0.05, 0) is 12.1 Å². The molecule has 1 heterocycles. The Hall–Kier alpha value is -4.26. The van der Waals surface area contributed by atoms with Crippen molar-refractivity contribution in [1.82, 2.24) is 0 Å². The normalized spacial score (nSPS) is 13.0. The van der Waals surface area contributed by atoms with Crippen LogP contribution >= 0.6 is 0 Å². The van der Waals surface area contributed by atoms with Crippen molar-refractivity contribution >= 4 is 28.5 Å². The number of rotatable bonds is 7. The summed E-state index contributed by atoms with van der Waals surface area (Å²) in [4.78, 5) is 24.6. The van der Waals surface area contributed by atoms with E-state index in [4.69, 9.17) is 4.74 Å². The van der Waals surface area contributed by atoms with Crippen LogP contribution in [0, 0.1) is 21.4 Å². The SMILES string of the molecule is C=C(CCN1CCC(=O)c2cc(N=Nc3ccc([N+](=O)[O-])cc3C#N)c(O)cc21)OC. The molecule has 1 aliphatic heterocycles. The molecule has 0 saturated heterocycles. The van der Waals surface area contributed by atoms with Gasteiger partial charge in [-0.15, -0.1) is 10.2 Å². The summed E-state index contributed by atoms with van der Waals surface area (Å²) in [5, 5.41) is 38.4. The van der Waals surface area contributed by atoms with Crippen LogP contribution in [0.2, 0.25) is 0 Å². The maximum atomic E-state index is 12.4. The molecule has 1 aliphatic rings. The van der Waals surface area contributed by atoms with E-state index in [0.717, 1.165) is 6.07 Å². The number of hydrogen-bond donors (Lipinski definition) is 1. The Bertz CT molecular complexity index is 1140. The minimum Gasteiger partial charge on any atom is -0.506 e. The maximum absolute atomic E-state index is 12.4. The van der Waals surface area contributed by atoms with Gasteiger partial charge >= 0.3 is 0 Å². The fraction of sp³-hybridized carbons (Fsp3) is 0.238. The van der Waals surface area contributed by atoms with Gasteiger partial charge < -0.3 is 14.7 Å². The topological polar surface area (TPSA) is 141 Å². The van der Waals surface area contributed by atoms with Gasteiger partial charge in [0.25, 0.3) is 5.69 Å². The van der Waals surface area contributed by atoms with E-state index in [9.17, 15) is 25.3 Å². The Morgan fingerprint density at radius 1 is 1.35 bits per heavy atom. The average molecular weight is 421 g/mol. The van der Waals surface area contributed by atoms with Gasteiger partial charge in [0, 0.05) is 49.7 Å². The Morgan fingerprint density at radius 3 is 2.77 bits per heavy atom. The van der Waals surface area contributed by atoms with E-state index in [2.05, 4.69) is 16.8 Å². The van der Waals surface area contributed by atoms with E-state index in [1.807, 2.05) is 11.0 Å². The molecule has 2 aromatic carbocycles. The first kappa shape index (κ1) is 21.4. The van der Waals surface area contributed by atoms with E-state index in [1.165, 1.54) is 24.3 Å². The standard InChI is InChI=1S/C21H19N5O5/c1-13(31-2)5-7-25-8-6-20(27)16-10-18(21(28)11-19(16)25)24-23-17-4-3-15(26(29)30)9-14(17)12-22/h3-4,9-11,28H,1,5-8H2,2H3. The monoisotopic (exact) mass is 421 g/mol. The first-order valence-electron chi connectivity index (χ1n) is 9.31. The molecule has 0 aromatic heterocycles. The summed E-state index contributed by atoms with van der Waals surface area (Å²) in [5.74, 6) is 0.346. The molecule has 0 bridgehead atoms. The lowest BCUT2D eigenvalue weighted by molar-refractivity contribution is -0.384. The summed E-state index contributed by atoms with van der Waals surface area (Å²) < 4.78 is 5.08. The van der Waals surface area contributed by atoms with Crippen molar-refractivity contribution in [1.29, 1.82) is 5.26 Å². The number of fused-ring (bicyclic) bond motifs is 1. The van der Waals surface area contributed by atoms with Crippen LogP contribution < -0.4 is 4.90 Å². The number of nitro benzene ring substituents is 1. The van der Waals surface area contributed by atoms with Crippen molar-refractivity contribution in [2.75, 3.05) is 25.1 Å². The van der Waals surface area contributed by atoms with Crippen molar-refractivity contribution in [3.63, 3.8) is 0 Å². The van der Waals surface area contributed by atoms with E-state index < -0.39 is 4.92 Å². The molecular weight excluding hydrogens is 402 g/mol. The summed E-state index contributed by atoms with van der Waals surface area (Å²) in [6.45, 7) is 4.87. The molecule has 2 aromatic rings. The molecule has 158 valence electrons. The molecule has 10 heteroatoms. The number of ketones is 1. The second kappa shape index (κ2) is 9.04. The number of anilines is 1. The van der Waals surface area contributed by atoms with Gasteiger partial charge in [-0.3, -0.25) is 14.9 Å². The number of nitro groups is 1. The van der Waals surface area contributed by atoms with Crippen LogP contribution in [-0.4, -0.2) is 36.0 Å². The fourth-order valence-corrected chi connectivity index (χ4v) is 3.14. The number of aromatic hydroxyl groups is 1. The molecule has 0 radical (unpaired) electrons. The lowest BCUT2D eigenvalue weighted by atomic mass is 9.99. The number of benzene rings is 2. The quantitative estimate of drug-likeness (QED) is 0.299. The van der Waals surface area contributed by atoms with Gasteiger partial charge in [0.15, 0.2) is 5.78 Å². The van der Waals surface area contributed by atoms with E-state index >= 15 is 0 Å². The van der Waals surface area contributed by atoms with Crippen molar-refractivity contribution in [2.24, 2.45) is 10.2 Å². The van der Waals surface area contributed by atoms with Gasteiger partial charge in [-0.2, -0.15) is 5.26 Å². The lowest BCUT2D eigenvalue weighted by Gasteiger charge is -2.31. The number of ether oxygens (including phenoxy) is 1. The number of nitriles is 1. The third-order valence-electron chi connectivity index (χ3n) is 4.87. The zero-order chi connectivity index (χ0) is 22.5. The van der Waals surface area contributed by atoms with Crippen LogP contribution in [0.4, 0.5) is 22.7 Å². The van der Waals surface area contributed by atoms with Crippen LogP contribution in [-0.2, 0) is 4.74 Å². The zero-order valence-electron chi connectivity index (χ0n) is 16.7. The average Bonchev–Trinajstić information content (AvgIpc) is 2.77. The van der Waals surface area contributed by atoms with E-state index in [-0.39, 0.29) is 34.2 Å². The Morgan fingerprint density at radius 2 is 2.10 bits per heavy atom. The zero-order valence-corrected chi connectivity index (χ0v) is 16.7. The highest BCUT2D eigenvalue weighted by Crippen LogP contribution is 2.38. The number of hydrogen-bond acceptors (Lipinski definition) is 9. The number of nitrogens with zero attached hydrogens (tertiary/aromatic N) is 5. The van der Waals surface area contributed by atoms with Gasteiger partial charge in [0.2, 0.25) is 0 Å². The van der Waals surface area contributed by atoms with E-state index in [1.54, 1.807) is 7.11 Å². The first-order chi connectivity index (χ1) is 14.8. The number of carbonyl (C=O) groups excluding carboxylic acids is 1. The highest BCUT2D eigenvalue weighted by molar-refractivity contribution is 6.04. The molecule has 0 unspecified atom stereocenters. The third-order valence-corrected chi connectivity index (χ3v) is 4.87. The lowest BCUT2D eigenvalue weighted by Crippen LogP contribution is -2.33. The number of phenols is 1. The molecule has 0 spiro atoms. The Balaban J connectivity index is 1.91. The highest BCUT2D eigenvalue weighted by Gasteiger charge is 2.25. The van der Waals surface area contributed by atoms with Crippen molar-refractivity contribution in [2.45, 2.75) is 12.8 Å². The van der Waals surface area contributed by atoms with Gasteiger partial charge in [-0.1, -0.05) is 6.58 Å². The van der Waals surface area contributed by atoms with Crippen LogP contribution in [0.5, 0.6) is 5.75 Å². The van der Waals surface area contributed by atoms with Crippen LogP contribution in [0.15, 0.2) is 52.9 Å². The van der Waals surface area contributed by atoms with Crippen molar-refractivity contribution in [3.8, 4) is 11.8 Å². The molecule has 1 N–H and O–H groups in total. The fourth-order valence-electron chi connectivity index (χ4n) is 3.14. The summed E-state index contributed by atoms with van der Waals surface area (Å²) >= 11 is 0. The van der Waals surface area contributed by atoms with Gasteiger partial charge in [0.05, 0.1) is 29.0 Å². The second-order valence-corrected chi connectivity index (χ2v) is 6.78. The number of Topliss-reactive ketones (excluding diaryl/α,β-unsaturated/α-hetero) is 1. The minimum atomic E-state index is -0.615. The van der Waals surface area contributed by atoms with Gasteiger partial charge in [0.1, 0.15) is 23.2 Å². The van der Waals surface area contributed by atoms with E-state index in [0.29, 0.717) is 42.9 Å². The van der Waals surface area contributed by atoms with Crippen molar-refractivity contribution in [3.05, 3.63) is 63.9 Å². The minimum absolute atomic E-state index is 0.0315. The summed E-state index contributed by atoms with van der Waals surface area (Å²) in [5.41, 5.74) is 0.883. The number of non-ortho nitro benzene ring substituents is 1. The summed E-state index contributed by atoms with van der Waals surface area (Å²) in [6.07, 6.45) is 0.887. The molecule has 0 aliphatic carbocycles.